The van der Waals surface area contributed by atoms with Gasteiger partial charge in [0, 0.05) is 12.8 Å². The number of nitrogens with zero attached hydrogens (tertiary/aromatic N) is 2. The van der Waals surface area contributed by atoms with Crippen LogP contribution in [0.1, 0.15) is 44.6 Å². The van der Waals surface area contributed by atoms with Crippen LogP contribution in [-0.2, 0) is 6.54 Å². The van der Waals surface area contributed by atoms with Crippen molar-refractivity contribution < 1.29 is 10.0 Å². The summed E-state index contributed by atoms with van der Waals surface area (Å²) in [4.78, 5) is 20.5. The SMILES string of the molecule is CCCCn1c(O)c(C=NCC[NH+]2CCCCC2)c(=O)[nH]c1=S. The van der Waals surface area contributed by atoms with Crippen LogP contribution in [0.3, 0.4) is 0 Å². The van der Waals surface area contributed by atoms with Crippen molar-refractivity contribution in [3.05, 3.63) is 20.7 Å². The zero-order valence-electron chi connectivity index (χ0n) is 13.8. The number of aromatic nitrogens is 2. The van der Waals surface area contributed by atoms with Crippen LogP contribution in [0.5, 0.6) is 5.88 Å². The first-order valence-electron chi connectivity index (χ1n) is 8.53. The molecule has 0 spiro atoms. The predicted molar refractivity (Wildman–Crippen MR) is 94.3 cm³/mol. The molecule has 1 aromatic rings. The van der Waals surface area contributed by atoms with Gasteiger partial charge in [0.05, 0.1) is 26.2 Å². The van der Waals surface area contributed by atoms with Gasteiger partial charge in [0.25, 0.3) is 5.56 Å². The Balaban J connectivity index is 2.04. The second-order valence-electron chi connectivity index (χ2n) is 6.10. The van der Waals surface area contributed by atoms with E-state index in [1.165, 1.54) is 38.6 Å². The van der Waals surface area contributed by atoms with Crippen molar-refractivity contribution in [2.45, 2.75) is 45.6 Å². The number of aliphatic imine (C=N–C) groups is 1. The van der Waals surface area contributed by atoms with E-state index in [1.807, 2.05) is 0 Å². The summed E-state index contributed by atoms with van der Waals surface area (Å²) in [6.45, 7) is 6.73. The van der Waals surface area contributed by atoms with Gasteiger partial charge < -0.3 is 10.0 Å². The van der Waals surface area contributed by atoms with Crippen LogP contribution in [0.25, 0.3) is 0 Å². The number of aromatic hydroxyl groups is 1. The maximum atomic E-state index is 12.0. The molecule has 1 aliphatic rings. The third-order valence-corrected chi connectivity index (χ3v) is 4.64. The second-order valence-corrected chi connectivity index (χ2v) is 6.48. The molecule has 1 aliphatic heterocycles. The van der Waals surface area contributed by atoms with Gasteiger partial charge in [-0.2, -0.15) is 0 Å². The van der Waals surface area contributed by atoms with Crippen LogP contribution >= 0.6 is 12.2 Å². The van der Waals surface area contributed by atoms with Gasteiger partial charge in [-0.05, 0) is 37.9 Å². The number of likely N-dealkylation sites (tertiary alicyclic amines) is 1. The molecule has 3 N–H and O–H groups in total. The number of piperidine rings is 1. The summed E-state index contributed by atoms with van der Waals surface area (Å²) in [5, 5.41) is 10.3. The Bertz CT molecular complexity index is 644. The van der Waals surface area contributed by atoms with Crippen LogP contribution < -0.4 is 10.5 Å². The third kappa shape index (κ3) is 5.00. The summed E-state index contributed by atoms with van der Waals surface area (Å²) in [5.41, 5.74) is -0.183. The highest BCUT2D eigenvalue weighted by Gasteiger charge is 2.13. The molecular weight excluding hydrogens is 312 g/mol. The van der Waals surface area contributed by atoms with Crippen molar-refractivity contribution in [3.63, 3.8) is 0 Å². The van der Waals surface area contributed by atoms with E-state index in [1.54, 1.807) is 9.47 Å². The van der Waals surface area contributed by atoms with Gasteiger partial charge in [0.2, 0.25) is 5.88 Å². The molecule has 0 bridgehead atoms. The van der Waals surface area contributed by atoms with Gasteiger partial charge in [-0.25, -0.2) is 0 Å². The summed E-state index contributed by atoms with van der Waals surface area (Å²) >= 11 is 5.12. The molecule has 0 unspecified atom stereocenters. The van der Waals surface area contributed by atoms with Crippen molar-refractivity contribution in [2.24, 2.45) is 4.99 Å². The van der Waals surface area contributed by atoms with Crippen molar-refractivity contribution in [1.82, 2.24) is 9.55 Å². The Labute approximate surface area is 141 Å². The van der Waals surface area contributed by atoms with Crippen LogP contribution in [0.15, 0.2) is 9.79 Å². The molecule has 0 atom stereocenters. The largest absolute Gasteiger partial charge is 0.494 e. The highest BCUT2D eigenvalue weighted by Crippen LogP contribution is 2.12. The van der Waals surface area contributed by atoms with Gasteiger partial charge >= 0.3 is 0 Å². The smallest absolute Gasteiger partial charge is 0.264 e. The first kappa shape index (κ1) is 17.9. The normalized spacial score (nSPS) is 16.2. The third-order valence-electron chi connectivity index (χ3n) is 4.32. The number of nitrogens with one attached hydrogen (secondary N) is 2. The lowest BCUT2D eigenvalue weighted by atomic mass is 10.1. The van der Waals surface area contributed by atoms with E-state index in [0.29, 0.717) is 13.1 Å². The first-order chi connectivity index (χ1) is 11.1. The molecule has 7 heteroatoms. The van der Waals surface area contributed by atoms with Gasteiger partial charge in [0.15, 0.2) is 4.77 Å². The molecule has 0 aromatic carbocycles. The van der Waals surface area contributed by atoms with Crippen molar-refractivity contribution in [1.29, 1.82) is 0 Å². The predicted octanol–water partition coefficient (Wildman–Crippen LogP) is 0.899. The minimum Gasteiger partial charge on any atom is -0.494 e. The molecule has 1 aromatic heterocycles. The van der Waals surface area contributed by atoms with Crippen molar-refractivity contribution in [2.75, 3.05) is 26.2 Å². The number of quaternary nitrogens is 1. The first-order valence-corrected chi connectivity index (χ1v) is 8.93. The van der Waals surface area contributed by atoms with E-state index in [-0.39, 0.29) is 21.8 Å². The average molecular weight is 339 g/mol. The minimum absolute atomic E-state index is 0.0822. The van der Waals surface area contributed by atoms with E-state index in [2.05, 4.69) is 16.9 Å². The summed E-state index contributed by atoms with van der Waals surface area (Å²) in [6, 6.07) is 0. The summed E-state index contributed by atoms with van der Waals surface area (Å²) in [7, 11) is 0. The lowest BCUT2D eigenvalue weighted by Crippen LogP contribution is -3.13. The fourth-order valence-electron chi connectivity index (χ4n) is 2.90. The molecule has 128 valence electrons. The summed E-state index contributed by atoms with van der Waals surface area (Å²) in [6.07, 6.45) is 7.27. The lowest BCUT2D eigenvalue weighted by Gasteiger charge is -2.22. The Morgan fingerprint density at radius 2 is 2.13 bits per heavy atom. The van der Waals surface area contributed by atoms with E-state index >= 15 is 0 Å². The molecule has 23 heavy (non-hydrogen) atoms. The van der Waals surface area contributed by atoms with Gasteiger partial charge in [-0.15, -0.1) is 0 Å². The van der Waals surface area contributed by atoms with Crippen LogP contribution in [0, 0.1) is 4.77 Å². The van der Waals surface area contributed by atoms with Crippen molar-refractivity contribution >= 4 is 18.4 Å². The molecule has 0 amide bonds. The minimum atomic E-state index is -0.380. The number of hydrogen-bond donors (Lipinski definition) is 3. The molecule has 0 radical (unpaired) electrons. The highest BCUT2D eigenvalue weighted by molar-refractivity contribution is 7.71. The maximum Gasteiger partial charge on any atom is 0.264 e. The summed E-state index contributed by atoms with van der Waals surface area (Å²) < 4.78 is 1.83. The number of H-pyrrole nitrogens is 1. The van der Waals surface area contributed by atoms with E-state index in [4.69, 9.17) is 12.2 Å². The molecule has 0 saturated carbocycles. The Morgan fingerprint density at radius 1 is 1.39 bits per heavy atom. The molecule has 2 heterocycles. The molecule has 1 fully saturated rings. The number of unbranched alkanes of at least 4 members (excludes halogenated alkanes) is 1. The van der Waals surface area contributed by atoms with Crippen molar-refractivity contribution in [3.8, 4) is 5.88 Å². The van der Waals surface area contributed by atoms with Gasteiger partial charge in [0.1, 0.15) is 5.56 Å². The zero-order valence-corrected chi connectivity index (χ0v) is 14.6. The monoisotopic (exact) mass is 339 g/mol. The van der Waals surface area contributed by atoms with E-state index in [9.17, 15) is 9.90 Å². The highest BCUT2D eigenvalue weighted by atomic mass is 32.1. The Morgan fingerprint density at radius 3 is 2.83 bits per heavy atom. The quantitative estimate of drug-likeness (QED) is 0.510. The number of hydrogen-bond acceptors (Lipinski definition) is 4. The number of aromatic amines is 1. The Kier molecular flexibility index (Phi) is 6.98. The number of rotatable bonds is 7. The van der Waals surface area contributed by atoms with Gasteiger partial charge in [-0.3, -0.25) is 19.3 Å². The molecule has 1 saturated heterocycles. The zero-order chi connectivity index (χ0) is 16.7. The standard InChI is InChI=1S/C16H26N4O2S/c1-2-3-10-20-15(22)13(14(21)18-16(20)23)12-17-7-11-19-8-5-4-6-9-19/h12,22H,2-11H2,1H3,(H,18,21,23)/p+1. The fraction of sp³-hybridized carbons (Fsp3) is 0.688. The van der Waals surface area contributed by atoms with Crippen LogP contribution in [-0.4, -0.2) is 47.1 Å². The van der Waals surface area contributed by atoms with Gasteiger partial charge in [-0.1, -0.05) is 13.3 Å². The molecular formula is C16H27N4O2S+. The molecule has 0 aliphatic carbocycles. The fourth-order valence-corrected chi connectivity index (χ4v) is 3.17. The summed E-state index contributed by atoms with van der Waals surface area (Å²) in [5.74, 6) is -0.0822. The molecule has 6 nitrogen and oxygen atoms in total. The van der Waals surface area contributed by atoms with E-state index < -0.39 is 0 Å². The molecule has 2 rings (SSSR count). The second kappa shape index (κ2) is 8.98. The van der Waals surface area contributed by atoms with E-state index in [0.717, 1.165) is 19.4 Å². The lowest BCUT2D eigenvalue weighted by molar-refractivity contribution is -0.903. The maximum absolute atomic E-state index is 12.0. The average Bonchev–Trinajstić information content (AvgIpc) is 2.54. The topological polar surface area (TPSA) is 74.8 Å². The Hall–Kier alpha value is -1.47. The van der Waals surface area contributed by atoms with Crippen LogP contribution in [0.4, 0.5) is 0 Å². The van der Waals surface area contributed by atoms with Crippen LogP contribution in [0.2, 0.25) is 0 Å².